The molecule has 24 heavy (non-hydrogen) atoms. The van der Waals surface area contributed by atoms with Crippen LogP contribution in [0.4, 0.5) is 5.69 Å². The van der Waals surface area contributed by atoms with Gasteiger partial charge in [-0.3, -0.25) is 4.79 Å². The molecule has 122 valence electrons. The summed E-state index contributed by atoms with van der Waals surface area (Å²) in [4.78, 5) is 24.4. The molecule has 0 saturated heterocycles. The quantitative estimate of drug-likeness (QED) is 0.707. The molecule has 0 spiro atoms. The first-order valence-corrected chi connectivity index (χ1v) is 7.73. The number of esters is 1. The second kappa shape index (κ2) is 6.76. The number of carbonyl (C=O) groups is 2. The molecule has 0 aliphatic rings. The van der Waals surface area contributed by atoms with Crippen molar-refractivity contribution >= 4 is 40.1 Å². The second-order valence-corrected chi connectivity index (χ2v) is 5.45. The van der Waals surface area contributed by atoms with Crippen LogP contribution < -0.4 is 5.32 Å². The normalized spacial score (nSPS) is 10.6. The summed E-state index contributed by atoms with van der Waals surface area (Å²) in [7, 11) is 0. The number of carbonyl (C=O) groups excluding carboxylic acids is 2. The highest BCUT2D eigenvalue weighted by molar-refractivity contribution is 6.31. The van der Waals surface area contributed by atoms with Crippen LogP contribution in [-0.2, 0) is 4.74 Å². The van der Waals surface area contributed by atoms with Gasteiger partial charge >= 0.3 is 5.97 Å². The molecule has 0 aliphatic carbocycles. The highest BCUT2D eigenvalue weighted by Crippen LogP contribution is 2.24. The Hall–Kier alpha value is -2.79. The molecular formula is C18H14ClNO4. The van der Waals surface area contributed by atoms with E-state index < -0.39 is 11.9 Å². The lowest BCUT2D eigenvalue weighted by Crippen LogP contribution is -2.15. The molecule has 1 amide bonds. The molecule has 0 bridgehead atoms. The van der Waals surface area contributed by atoms with Crippen LogP contribution >= 0.6 is 11.6 Å². The number of hydrogen-bond acceptors (Lipinski definition) is 4. The SMILES string of the molecule is CCOC(=O)c1ccccc1NC(=O)c1cc2cc(Cl)ccc2o1. The fraction of sp³-hybridized carbons (Fsp3) is 0.111. The maximum atomic E-state index is 12.4. The number of hydrogen-bond donors (Lipinski definition) is 1. The van der Waals surface area contributed by atoms with Crippen LogP contribution in [0.5, 0.6) is 0 Å². The minimum Gasteiger partial charge on any atom is -0.462 e. The summed E-state index contributed by atoms with van der Waals surface area (Å²) < 4.78 is 10.5. The van der Waals surface area contributed by atoms with Gasteiger partial charge in [-0.2, -0.15) is 0 Å². The third kappa shape index (κ3) is 3.26. The lowest BCUT2D eigenvalue weighted by Gasteiger charge is -2.09. The number of furan rings is 1. The molecule has 5 nitrogen and oxygen atoms in total. The van der Waals surface area contributed by atoms with Crippen molar-refractivity contribution < 1.29 is 18.7 Å². The van der Waals surface area contributed by atoms with Crippen molar-refractivity contribution in [2.45, 2.75) is 6.92 Å². The Balaban J connectivity index is 1.87. The summed E-state index contributed by atoms with van der Waals surface area (Å²) in [6.45, 7) is 1.98. The van der Waals surface area contributed by atoms with Gasteiger partial charge in [0.1, 0.15) is 5.58 Å². The van der Waals surface area contributed by atoms with Crippen molar-refractivity contribution in [3.63, 3.8) is 0 Å². The van der Waals surface area contributed by atoms with Crippen LogP contribution in [0, 0.1) is 0 Å². The van der Waals surface area contributed by atoms with E-state index in [1.165, 1.54) is 0 Å². The van der Waals surface area contributed by atoms with Gasteiger partial charge in [-0.1, -0.05) is 23.7 Å². The van der Waals surface area contributed by atoms with E-state index in [1.54, 1.807) is 55.5 Å². The molecule has 0 radical (unpaired) electrons. The number of ether oxygens (including phenoxy) is 1. The van der Waals surface area contributed by atoms with Crippen LogP contribution in [0.3, 0.4) is 0 Å². The Kier molecular flexibility index (Phi) is 4.53. The summed E-state index contributed by atoms with van der Waals surface area (Å²) in [5.74, 6) is -0.824. The molecule has 1 N–H and O–H groups in total. The van der Waals surface area contributed by atoms with E-state index in [4.69, 9.17) is 20.8 Å². The number of fused-ring (bicyclic) bond motifs is 1. The Morgan fingerprint density at radius 1 is 1.17 bits per heavy atom. The fourth-order valence-electron chi connectivity index (χ4n) is 2.29. The van der Waals surface area contributed by atoms with E-state index in [0.29, 0.717) is 16.3 Å². The van der Waals surface area contributed by atoms with Crippen molar-refractivity contribution in [2.24, 2.45) is 0 Å². The third-order valence-corrected chi connectivity index (χ3v) is 3.61. The summed E-state index contributed by atoms with van der Waals surface area (Å²) >= 11 is 5.93. The average molecular weight is 344 g/mol. The molecule has 3 rings (SSSR count). The Morgan fingerprint density at radius 2 is 1.96 bits per heavy atom. The van der Waals surface area contributed by atoms with Gasteiger partial charge in [-0.25, -0.2) is 4.79 Å². The van der Waals surface area contributed by atoms with Crippen LogP contribution in [0.15, 0.2) is 52.9 Å². The minimum atomic E-state index is -0.496. The zero-order valence-corrected chi connectivity index (χ0v) is 13.6. The van der Waals surface area contributed by atoms with Gasteiger partial charge < -0.3 is 14.5 Å². The van der Waals surface area contributed by atoms with Gasteiger partial charge in [0.05, 0.1) is 17.9 Å². The second-order valence-electron chi connectivity index (χ2n) is 5.01. The average Bonchev–Trinajstić information content (AvgIpc) is 2.98. The van der Waals surface area contributed by atoms with Gasteiger partial charge in [0.15, 0.2) is 5.76 Å². The first-order chi connectivity index (χ1) is 11.6. The zero-order chi connectivity index (χ0) is 17.1. The van der Waals surface area contributed by atoms with Crippen LogP contribution in [-0.4, -0.2) is 18.5 Å². The maximum Gasteiger partial charge on any atom is 0.340 e. The summed E-state index contributed by atoms with van der Waals surface area (Å²) in [6.07, 6.45) is 0. The van der Waals surface area contributed by atoms with Crippen molar-refractivity contribution in [1.82, 2.24) is 0 Å². The molecular weight excluding hydrogens is 330 g/mol. The van der Waals surface area contributed by atoms with E-state index in [1.807, 2.05) is 0 Å². The predicted molar refractivity (Wildman–Crippen MR) is 91.6 cm³/mol. The highest BCUT2D eigenvalue weighted by atomic mass is 35.5. The summed E-state index contributed by atoms with van der Waals surface area (Å²) in [5, 5.41) is 3.96. The Bertz CT molecular complexity index is 916. The Labute approximate surface area is 143 Å². The molecule has 1 heterocycles. The smallest absolute Gasteiger partial charge is 0.340 e. The van der Waals surface area contributed by atoms with Gasteiger partial charge in [0.2, 0.25) is 0 Å². The van der Waals surface area contributed by atoms with Gasteiger partial charge in [0, 0.05) is 10.4 Å². The third-order valence-electron chi connectivity index (χ3n) is 3.37. The standard InChI is InChI=1S/C18H14ClNO4/c1-2-23-18(22)13-5-3-4-6-14(13)20-17(21)16-10-11-9-12(19)7-8-15(11)24-16/h3-10H,2H2,1H3,(H,20,21). The van der Waals surface area contributed by atoms with Crippen LogP contribution in [0.2, 0.25) is 5.02 Å². The predicted octanol–water partition coefficient (Wildman–Crippen LogP) is 4.52. The van der Waals surface area contributed by atoms with Crippen LogP contribution in [0.25, 0.3) is 11.0 Å². The van der Waals surface area contributed by atoms with Gasteiger partial charge in [-0.15, -0.1) is 0 Å². The molecule has 0 unspecified atom stereocenters. The first-order valence-electron chi connectivity index (χ1n) is 7.35. The molecule has 1 aromatic heterocycles. The number of para-hydroxylation sites is 1. The van der Waals surface area contributed by atoms with Gasteiger partial charge in [-0.05, 0) is 43.3 Å². The molecule has 0 fully saturated rings. The highest BCUT2D eigenvalue weighted by Gasteiger charge is 2.17. The molecule has 3 aromatic rings. The Morgan fingerprint density at radius 3 is 2.75 bits per heavy atom. The molecule has 0 atom stereocenters. The van der Waals surface area contributed by atoms with E-state index in [-0.39, 0.29) is 17.9 Å². The summed E-state index contributed by atoms with van der Waals surface area (Å²) in [5.41, 5.74) is 1.20. The lowest BCUT2D eigenvalue weighted by molar-refractivity contribution is 0.0527. The maximum absolute atomic E-state index is 12.4. The topological polar surface area (TPSA) is 68.5 Å². The van der Waals surface area contributed by atoms with E-state index in [0.717, 1.165) is 5.39 Å². The van der Waals surface area contributed by atoms with Crippen molar-refractivity contribution in [1.29, 1.82) is 0 Å². The molecule has 6 heteroatoms. The zero-order valence-electron chi connectivity index (χ0n) is 12.8. The number of benzene rings is 2. The number of anilines is 1. The summed E-state index contributed by atoms with van der Waals surface area (Å²) in [6, 6.07) is 13.3. The van der Waals surface area contributed by atoms with E-state index in [2.05, 4.69) is 5.32 Å². The largest absolute Gasteiger partial charge is 0.462 e. The first kappa shape index (κ1) is 16.1. The number of amides is 1. The minimum absolute atomic E-state index is 0.130. The van der Waals surface area contributed by atoms with Crippen LogP contribution in [0.1, 0.15) is 27.8 Å². The van der Waals surface area contributed by atoms with Crippen molar-refractivity contribution in [3.8, 4) is 0 Å². The number of nitrogens with one attached hydrogen (secondary N) is 1. The van der Waals surface area contributed by atoms with Crippen molar-refractivity contribution in [3.05, 3.63) is 64.9 Å². The van der Waals surface area contributed by atoms with Crippen molar-refractivity contribution in [2.75, 3.05) is 11.9 Å². The monoisotopic (exact) mass is 343 g/mol. The van der Waals surface area contributed by atoms with E-state index >= 15 is 0 Å². The number of rotatable bonds is 4. The molecule has 0 aliphatic heterocycles. The molecule has 0 saturated carbocycles. The fourth-order valence-corrected chi connectivity index (χ4v) is 2.47. The lowest BCUT2D eigenvalue weighted by atomic mass is 10.1. The number of halogens is 1. The van der Waals surface area contributed by atoms with Gasteiger partial charge in [0.25, 0.3) is 5.91 Å². The molecule has 2 aromatic carbocycles. The van der Waals surface area contributed by atoms with E-state index in [9.17, 15) is 9.59 Å².